The smallest absolute Gasteiger partial charge is 0.321 e. The number of aliphatic carboxylic acids is 2. The summed E-state index contributed by atoms with van der Waals surface area (Å²) in [6, 6.07) is -0.641. The number of nitrogens with one attached hydrogen (secondary N) is 1. The van der Waals surface area contributed by atoms with Crippen LogP contribution in [0.1, 0.15) is 19.8 Å². The third kappa shape index (κ3) is 1.98. The number of carbonyl (C=O) groups is 2. The molecule has 0 unspecified atom stereocenters. The molecule has 5 heteroatoms. The van der Waals surface area contributed by atoms with E-state index in [1.807, 2.05) is 6.92 Å². The zero-order chi connectivity index (χ0) is 10.0. The second-order valence-corrected chi connectivity index (χ2v) is 3.26. The van der Waals surface area contributed by atoms with E-state index in [4.69, 9.17) is 10.2 Å². The topological polar surface area (TPSA) is 86.6 Å². The fraction of sp³-hybridized carbons (Fsp3) is 0.750. The highest BCUT2D eigenvalue weighted by atomic mass is 16.4. The van der Waals surface area contributed by atoms with Gasteiger partial charge in [0.1, 0.15) is 6.04 Å². The van der Waals surface area contributed by atoms with Gasteiger partial charge in [-0.3, -0.25) is 9.59 Å². The van der Waals surface area contributed by atoms with E-state index < -0.39 is 18.0 Å². The fourth-order valence-electron chi connectivity index (χ4n) is 1.73. The Morgan fingerprint density at radius 3 is 2.38 bits per heavy atom. The van der Waals surface area contributed by atoms with Gasteiger partial charge < -0.3 is 15.5 Å². The van der Waals surface area contributed by atoms with Gasteiger partial charge in [0, 0.05) is 12.0 Å². The van der Waals surface area contributed by atoms with Crippen LogP contribution in [0.4, 0.5) is 0 Å². The maximum atomic E-state index is 10.6. The quantitative estimate of drug-likeness (QED) is 0.572. The van der Waals surface area contributed by atoms with Crippen LogP contribution in [-0.4, -0.2) is 34.2 Å². The van der Waals surface area contributed by atoms with E-state index >= 15 is 0 Å². The molecule has 0 bridgehead atoms. The first-order valence-electron chi connectivity index (χ1n) is 4.27. The lowest BCUT2D eigenvalue weighted by Crippen LogP contribution is -2.64. The van der Waals surface area contributed by atoms with Crippen molar-refractivity contribution in [3.8, 4) is 0 Å². The molecule has 3 atom stereocenters. The van der Waals surface area contributed by atoms with Gasteiger partial charge in [0.2, 0.25) is 0 Å². The predicted molar refractivity (Wildman–Crippen MR) is 44.4 cm³/mol. The summed E-state index contributed by atoms with van der Waals surface area (Å²) in [5.41, 5.74) is 0. The Balaban J connectivity index is 2.53. The Labute approximate surface area is 75.7 Å². The lowest BCUT2D eigenvalue weighted by molar-refractivity contribution is -0.148. The Morgan fingerprint density at radius 1 is 1.38 bits per heavy atom. The summed E-state index contributed by atoms with van der Waals surface area (Å²) in [6.07, 6.45) is 0.699. The molecule has 74 valence electrons. The molecule has 1 aliphatic rings. The summed E-state index contributed by atoms with van der Waals surface area (Å²) in [6.45, 7) is 1.91. The van der Waals surface area contributed by atoms with Crippen molar-refractivity contribution in [2.75, 3.05) is 0 Å². The molecule has 1 saturated heterocycles. The van der Waals surface area contributed by atoms with Crippen LogP contribution in [0, 0.1) is 5.92 Å². The number of rotatable bonds is 4. The SMILES string of the molecule is CC[C@@H]1N[C@@H](C(=O)O)[C@H]1CC(=O)O. The zero-order valence-corrected chi connectivity index (χ0v) is 7.36. The molecule has 0 amide bonds. The maximum Gasteiger partial charge on any atom is 0.321 e. The highest BCUT2D eigenvalue weighted by molar-refractivity contribution is 5.77. The van der Waals surface area contributed by atoms with Crippen LogP contribution in [0.2, 0.25) is 0 Å². The van der Waals surface area contributed by atoms with Crippen molar-refractivity contribution in [3.05, 3.63) is 0 Å². The van der Waals surface area contributed by atoms with Crippen LogP contribution in [-0.2, 0) is 9.59 Å². The number of carboxylic acids is 2. The van der Waals surface area contributed by atoms with Crippen LogP contribution in [0.3, 0.4) is 0 Å². The Bertz CT molecular complexity index is 228. The van der Waals surface area contributed by atoms with Crippen LogP contribution >= 0.6 is 0 Å². The number of hydrogen-bond acceptors (Lipinski definition) is 3. The first-order chi connectivity index (χ1) is 6.06. The predicted octanol–water partition coefficient (Wildman–Crippen LogP) is -0.0877. The van der Waals surface area contributed by atoms with Crippen molar-refractivity contribution < 1.29 is 19.8 Å². The largest absolute Gasteiger partial charge is 0.481 e. The van der Waals surface area contributed by atoms with Crippen molar-refractivity contribution in [1.82, 2.24) is 5.32 Å². The summed E-state index contributed by atoms with van der Waals surface area (Å²) in [5.74, 6) is -2.16. The van der Waals surface area contributed by atoms with Gasteiger partial charge >= 0.3 is 11.9 Å². The van der Waals surface area contributed by atoms with Crippen molar-refractivity contribution >= 4 is 11.9 Å². The van der Waals surface area contributed by atoms with Crippen LogP contribution < -0.4 is 5.32 Å². The van der Waals surface area contributed by atoms with Gasteiger partial charge in [0.25, 0.3) is 0 Å². The molecule has 0 aliphatic carbocycles. The molecule has 0 aromatic heterocycles. The minimum atomic E-state index is -0.962. The Kier molecular flexibility index (Phi) is 2.87. The average Bonchev–Trinajstić information content (AvgIpc) is 1.98. The summed E-state index contributed by atoms with van der Waals surface area (Å²) >= 11 is 0. The monoisotopic (exact) mass is 187 g/mol. The van der Waals surface area contributed by atoms with Crippen LogP contribution in [0.25, 0.3) is 0 Å². The normalized spacial score (nSPS) is 32.2. The summed E-state index contributed by atoms with van der Waals surface area (Å²) < 4.78 is 0. The van der Waals surface area contributed by atoms with Gasteiger partial charge in [0.05, 0.1) is 6.42 Å². The van der Waals surface area contributed by atoms with Gasteiger partial charge in [-0.2, -0.15) is 0 Å². The second-order valence-electron chi connectivity index (χ2n) is 3.26. The van der Waals surface area contributed by atoms with E-state index in [2.05, 4.69) is 5.32 Å². The van der Waals surface area contributed by atoms with Crippen LogP contribution in [0.15, 0.2) is 0 Å². The highest BCUT2D eigenvalue weighted by Crippen LogP contribution is 2.26. The lowest BCUT2D eigenvalue weighted by Gasteiger charge is -2.42. The number of carboxylic acid groups (broad SMARTS) is 2. The molecule has 0 spiro atoms. The van der Waals surface area contributed by atoms with E-state index in [1.165, 1.54) is 0 Å². The molecule has 3 N–H and O–H groups in total. The molecular formula is C8H13NO4. The summed E-state index contributed by atoms with van der Waals surface area (Å²) in [7, 11) is 0. The van der Waals surface area contributed by atoms with Gasteiger partial charge in [0.15, 0.2) is 0 Å². The van der Waals surface area contributed by atoms with E-state index in [0.717, 1.165) is 6.42 Å². The molecule has 5 nitrogen and oxygen atoms in total. The molecular weight excluding hydrogens is 174 g/mol. The Morgan fingerprint density at radius 2 is 2.00 bits per heavy atom. The average molecular weight is 187 g/mol. The van der Waals surface area contributed by atoms with Crippen molar-refractivity contribution in [2.45, 2.75) is 31.8 Å². The van der Waals surface area contributed by atoms with Crippen molar-refractivity contribution in [2.24, 2.45) is 5.92 Å². The van der Waals surface area contributed by atoms with E-state index in [9.17, 15) is 9.59 Å². The van der Waals surface area contributed by atoms with Gasteiger partial charge in [-0.05, 0) is 6.42 Å². The standard InChI is InChI=1S/C8H13NO4/c1-2-5-4(3-6(10)11)7(9-5)8(12)13/h4-5,7,9H,2-3H2,1H3,(H,10,11)(H,12,13)/t4-,5-,7+/m0/s1. The van der Waals surface area contributed by atoms with Gasteiger partial charge in [-0.25, -0.2) is 0 Å². The lowest BCUT2D eigenvalue weighted by atomic mass is 9.79. The minimum absolute atomic E-state index is 0.0391. The molecule has 1 aliphatic heterocycles. The highest BCUT2D eigenvalue weighted by Gasteiger charge is 2.44. The first kappa shape index (κ1) is 9.98. The maximum absolute atomic E-state index is 10.6. The minimum Gasteiger partial charge on any atom is -0.481 e. The number of hydrogen-bond donors (Lipinski definition) is 3. The van der Waals surface area contributed by atoms with E-state index in [0.29, 0.717) is 0 Å². The zero-order valence-electron chi connectivity index (χ0n) is 7.36. The summed E-state index contributed by atoms with van der Waals surface area (Å²) in [5, 5.41) is 20.0. The van der Waals surface area contributed by atoms with Crippen molar-refractivity contribution in [3.63, 3.8) is 0 Å². The molecule has 1 rings (SSSR count). The molecule has 1 fully saturated rings. The second kappa shape index (κ2) is 3.74. The molecule has 1 heterocycles. The Hall–Kier alpha value is -1.10. The fourth-order valence-corrected chi connectivity index (χ4v) is 1.73. The van der Waals surface area contributed by atoms with Crippen LogP contribution in [0.5, 0.6) is 0 Å². The molecule has 13 heavy (non-hydrogen) atoms. The summed E-state index contributed by atoms with van der Waals surface area (Å²) in [4.78, 5) is 21.0. The van der Waals surface area contributed by atoms with Crippen molar-refractivity contribution in [1.29, 1.82) is 0 Å². The van der Waals surface area contributed by atoms with Gasteiger partial charge in [-0.15, -0.1) is 0 Å². The molecule has 0 aromatic carbocycles. The third-order valence-corrected chi connectivity index (χ3v) is 2.45. The third-order valence-electron chi connectivity index (χ3n) is 2.45. The molecule has 0 radical (unpaired) electrons. The first-order valence-corrected chi connectivity index (χ1v) is 4.27. The van der Waals surface area contributed by atoms with E-state index in [1.54, 1.807) is 0 Å². The molecule has 0 saturated carbocycles. The molecule has 0 aromatic rings. The van der Waals surface area contributed by atoms with Gasteiger partial charge in [-0.1, -0.05) is 6.92 Å². The van der Waals surface area contributed by atoms with E-state index in [-0.39, 0.29) is 18.4 Å².